The third kappa shape index (κ3) is 51.8. The summed E-state index contributed by atoms with van der Waals surface area (Å²) in [6.45, 7) is 5.42. The predicted octanol–water partition coefficient (Wildman–Crippen LogP) is 16.1. The SMILES string of the molecule is CCCCCC/C=C\C/C=C\CCCCCCCCOCC(COP(=O)([O-])OCC[N+](C)(C)C)OC(=O)CCCCCCCCCCCCCCCCCCCCCCCCCC. The van der Waals surface area contributed by atoms with Crippen LogP contribution in [0.15, 0.2) is 24.3 Å². The summed E-state index contributed by atoms with van der Waals surface area (Å²) >= 11 is 0. The van der Waals surface area contributed by atoms with Crippen molar-refractivity contribution in [1.82, 2.24) is 0 Å². The number of likely N-dealkylation sites (N-methyl/N-ethyl adjacent to an activating group) is 1. The van der Waals surface area contributed by atoms with Gasteiger partial charge >= 0.3 is 5.97 Å². The maximum absolute atomic E-state index is 12.8. The van der Waals surface area contributed by atoms with Gasteiger partial charge in [0.1, 0.15) is 19.3 Å². The third-order valence-electron chi connectivity index (χ3n) is 12.0. The maximum Gasteiger partial charge on any atom is 0.306 e. The molecule has 0 aliphatic carbocycles. The van der Waals surface area contributed by atoms with Gasteiger partial charge in [-0.25, -0.2) is 0 Å². The third-order valence-corrected chi connectivity index (χ3v) is 13.0. The zero-order chi connectivity index (χ0) is 46.2. The monoisotopic (exact) mass is 912 g/mol. The fraction of sp³-hybridized carbons (Fsp3) is 0.907. The first-order chi connectivity index (χ1) is 30.6. The Morgan fingerprint density at radius 1 is 0.492 bits per heavy atom. The Balaban J connectivity index is 4.07. The van der Waals surface area contributed by atoms with Crippen LogP contribution >= 0.6 is 7.82 Å². The van der Waals surface area contributed by atoms with E-state index in [-0.39, 0.29) is 25.8 Å². The summed E-state index contributed by atoms with van der Waals surface area (Å²) in [6.07, 6.45) is 56.4. The highest BCUT2D eigenvalue weighted by molar-refractivity contribution is 7.45. The number of esters is 1. The van der Waals surface area contributed by atoms with Crippen LogP contribution in [0.3, 0.4) is 0 Å². The zero-order valence-corrected chi connectivity index (χ0v) is 43.4. The van der Waals surface area contributed by atoms with Gasteiger partial charge < -0.3 is 27.9 Å². The summed E-state index contributed by atoms with van der Waals surface area (Å²) in [5, 5.41) is 0. The molecule has 0 aromatic rings. The maximum atomic E-state index is 12.8. The van der Waals surface area contributed by atoms with E-state index in [0.29, 0.717) is 24.1 Å². The molecule has 2 unspecified atom stereocenters. The van der Waals surface area contributed by atoms with E-state index in [4.69, 9.17) is 18.5 Å². The molecule has 374 valence electrons. The first-order valence-corrected chi connectivity index (χ1v) is 28.5. The highest BCUT2D eigenvalue weighted by Crippen LogP contribution is 2.38. The smallest absolute Gasteiger partial charge is 0.306 e. The Morgan fingerprint density at radius 2 is 0.873 bits per heavy atom. The molecule has 0 heterocycles. The highest BCUT2D eigenvalue weighted by atomic mass is 31.2. The van der Waals surface area contributed by atoms with Crippen LogP contribution in [-0.2, 0) is 27.9 Å². The van der Waals surface area contributed by atoms with Gasteiger partial charge in [0.25, 0.3) is 7.82 Å². The van der Waals surface area contributed by atoms with Crippen molar-refractivity contribution in [2.45, 2.75) is 264 Å². The van der Waals surface area contributed by atoms with E-state index in [0.717, 1.165) is 44.9 Å². The fourth-order valence-electron chi connectivity index (χ4n) is 7.81. The van der Waals surface area contributed by atoms with Crippen molar-refractivity contribution in [3.8, 4) is 0 Å². The Kier molecular flexibility index (Phi) is 46.7. The van der Waals surface area contributed by atoms with Gasteiger partial charge in [0.15, 0.2) is 0 Å². The van der Waals surface area contributed by atoms with Crippen LogP contribution < -0.4 is 4.89 Å². The number of hydrogen-bond donors (Lipinski definition) is 0. The lowest BCUT2D eigenvalue weighted by atomic mass is 10.0. The Labute approximate surface area is 392 Å². The largest absolute Gasteiger partial charge is 0.756 e. The molecular formula is C54H106NO7P. The number of carbonyl (C=O) groups excluding carboxylic acids is 1. The Morgan fingerprint density at radius 3 is 1.30 bits per heavy atom. The lowest BCUT2D eigenvalue weighted by molar-refractivity contribution is -0.870. The molecule has 0 aromatic carbocycles. The van der Waals surface area contributed by atoms with Crippen molar-refractivity contribution >= 4 is 13.8 Å². The van der Waals surface area contributed by atoms with Gasteiger partial charge in [-0.15, -0.1) is 0 Å². The number of ether oxygens (including phenoxy) is 2. The first kappa shape index (κ1) is 62.0. The topological polar surface area (TPSA) is 94.1 Å². The lowest BCUT2D eigenvalue weighted by Crippen LogP contribution is -2.37. The normalized spacial score (nSPS) is 13.7. The number of nitrogens with zero attached hydrogens (tertiary/aromatic N) is 1. The quantitative estimate of drug-likeness (QED) is 0.0197. The number of unbranched alkanes of at least 4 members (excludes halogenated alkanes) is 33. The average Bonchev–Trinajstić information content (AvgIpc) is 3.24. The number of rotatable bonds is 51. The second-order valence-electron chi connectivity index (χ2n) is 19.6. The molecule has 0 saturated heterocycles. The molecule has 9 heteroatoms. The summed E-state index contributed by atoms with van der Waals surface area (Å²) in [5.74, 6) is -0.332. The van der Waals surface area contributed by atoms with Crippen LogP contribution in [-0.4, -0.2) is 70.7 Å². The first-order valence-electron chi connectivity index (χ1n) is 27.1. The molecule has 0 aliphatic heterocycles. The van der Waals surface area contributed by atoms with Gasteiger partial charge in [0, 0.05) is 13.0 Å². The van der Waals surface area contributed by atoms with Crippen LogP contribution in [0.1, 0.15) is 258 Å². The van der Waals surface area contributed by atoms with Gasteiger partial charge in [0.2, 0.25) is 0 Å². The second kappa shape index (κ2) is 47.5. The molecule has 63 heavy (non-hydrogen) atoms. The van der Waals surface area contributed by atoms with Crippen LogP contribution in [0.25, 0.3) is 0 Å². The van der Waals surface area contributed by atoms with Crippen LogP contribution in [0.4, 0.5) is 0 Å². The van der Waals surface area contributed by atoms with E-state index in [2.05, 4.69) is 38.2 Å². The summed E-state index contributed by atoms with van der Waals surface area (Å²) in [7, 11) is 1.36. The van der Waals surface area contributed by atoms with E-state index in [1.54, 1.807) is 0 Å². The van der Waals surface area contributed by atoms with Gasteiger partial charge in [-0.2, -0.15) is 0 Å². The van der Waals surface area contributed by atoms with E-state index < -0.39 is 13.9 Å². The van der Waals surface area contributed by atoms with Crippen molar-refractivity contribution in [2.24, 2.45) is 0 Å². The van der Waals surface area contributed by atoms with Crippen molar-refractivity contribution in [3.05, 3.63) is 24.3 Å². The molecule has 0 rings (SSSR count). The zero-order valence-electron chi connectivity index (χ0n) is 42.5. The molecule has 0 saturated carbocycles. The van der Waals surface area contributed by atoms with Crippen molar-refractivity contribution in [2.75, 3.05) is 54.1 Å². The minimum atomic E-state index is -4.53. The number of quaternary nitrogens is 1. The Bertz CT molecular complexity index is 1060. The van der Waals surface area contributed by atoms with Crippen molar-refractivity contribution in [1.29, 1.82) is 0 Å². The van der Waals surface area contributed by atoms with E-state index in [1.165, 1.54) is 193 Å². The van der Waals surface area contributed by atoms with E-state index in [9.17, 15) is 14.3 Å². The van der Waals surface area contributed by atoms with E-state index >= 15 is 0 Å². The minimum Gasteiger partial charge on any atom is -0.756 e. The van der Waals surface area contributed by atoms with Crippen LogP contribution in [0.2, 0.25) is 0 Å². The number of phosphoric acid groups is 1. The van der Waals surface area contributed by atoms with Gasteiger partial charge in [-0.3, -0.25) is 9.36 Å². The number of carbonyl (C=O) groups is 1. The molecular weight excluding hydrogens is 806 g/mol. The molecule has 0 amide bonds. The molecule has 0 N–H and O–H groups in total. The number of allylic oxidation sites excluding steroid dienone is 4. The van der Waals surface area contributed by atoms with Gasteiger partial charge in [-0.1, -0.05) is 231 Å². The van der Waals surface area contributed by atoms with Gasteiger partial charge in [0.05, 0.1) is 34.4 Å². The molecule has 0 aliphatic rings. The van der Waals surface area contributed by atoms with Gasteiger partial charge in [-0.05, 0) is 44.9 Å². The molecule has 0 fully saturated rings. The molecule has 0 aromatic heterocycles. The summed E-state index contributed by atoms with van der Waals surface area (Å²) in [4.78, 5) is 25.2. The molecule has 0 radical (unpaired) electrons. The number of phosphoric ester groups is 1. The molecule has 2 atom stereocenters. The Hall–Kier alpha value is -1.02. The minimum absolute atomic E-state index is 0.0262. The van der Waals surface area contributed by atoms with Crippen molar-refractivity contribution in [3.63, 3.8) is 0 Å². The van der Waals surface area contributed by atoms with Crippen molar-refractivity contribution < 1.29 is 37.3 Å². The number of hydrogen-bond acceptors (Lipinski definition) is 7. The summed E-state index contributed by atoms with van der Waals surface area (Å²) in [6, 6.07) is 0. The highest BCUT2D eigenvalue weighted by Gasteiger charge is 2.20. The average molecular weight is 912 g/mol. The lowest BCUT2D eigenvalue weighted by Gasteiger charge is -2.28. The fourth-order valence-corrected chi connectivity index (χ4v) is 8.54. The second-order valence-corrected chi connectivity index (χ2v) is 21.0. The summed E-state index contributed by atoms with van der Waals surface area (Å²) < 4.78 is 34.8. The van der Waals surface area contributed by atoms with E-state index in [1.807, 2.05) is 21.1 Å². The van der Waals surface area contributed by atoms with Crippen LogP contribution in [0, 0.1) is 0 Å². The predicted molar refractivity (Wildman–Crippen MR) is 268 cm³/mol. The summed E-state index contributed by atoms with van der Waals surface area (Å²) in [5.41, 5.74) is 0. The molecule has 8 nitrogen and oxygen atoms in total. The van der Waals surface area contributed by atoms with Crippen LogP contribution in [0.5, 0.6) is 0 Å². The molecule has 0 bridgehead atoms. The standard InChI is InChI=1S/C54H106NO7P/c1-6-8-10-12-14-16-18-20-22-24-25-26-27-28-29-30-31-33-35-37-39-41-43-45-47-54(56)62-53(52-61-63(57,58)60-50-48-55(3,4)5)51-59-49-46-44-42-40-38-36-34-32-23-21-19-17-15-13-11-9-7-2/h17,19,23,32,53H,6-16,18,20-22,24-31,33-52H2,1-5H3/b19-17-,32-23-. The molecule has 0 spiro atoms.